The minimum absolute atomic E-state index is 0.0155. The molecule has 0 aliphatic heterocycles. The molecular weight excluding hydrogens is 383 g/mol. The summed E-state index contributed by atoms with van der Waals surface area (Å²) in [7, 11) is 0. The molecule has 1 aromatic heterocycles. The molecule has 1 N–H and O–H groups in total. The van der Waals surface area contributed by atoms with E-state index in [9.17, 15) is 18.0 Å². The van der Waals surface area contributed by atoms with E-state index in [0.29, 0.717) is 10.1 Å². The normalized spacial score (nSPS) is 11.3. The van der Waals surface area contributed by atoms with Crippen LogP contribution in [0.3, 0.4) is 0 Å². The van der Waals surface area contributed by atoms with E-state index in [1.165, 1.54) is 41.3 Å². The van der Waals surface area contributed by atoms with Gasteiger partial charge in [0.25, 0.3) is 0 Å². The van der Waals surface area contributed by atoms with Crippen molar-refractivity contribution in [2.75, 3.05) is 17.7 Å². The predicted octanol–water partition coefficient (Wildman–Crippen LogP) is 5.21. The second-order valence-electron chi connectivity index (χ2n) is 4.65. The zero-order valence-electron chi connectivity index (χ0n) is 12.2. The SMILES string of the molecule is O=C(CSCc1ccc(Cl)s1)Nc1ccccc1OCC(F)(F)F. The first-order valence-corrected chi connectivity index (χ1v) is 9.09. The molecule has 0 saturated heterocycles. The van der Waals surface area contributed by atoms with E-state index in [1.54, 1.807) is 12.1 Å². The molecule has 1 amide bonds. The fourth-order valence-corrected chi connectivity index (χ4v) is 3.74. The van der Waals surface area contributed by atoms with E-state index in [4.69, 9.17) is 16.3 Å². The van der Waals surface area contributed by atoms with Crippen molar-refractivity contribution in [1.82, 2.24) is 0 Å². The number of nitrogens with one attached hydrogen (secondary N) is 1. The smallest absolute Gasteiger partial charge is 0.422 e. The predicted molar refractivity (Wildman–Crippen MR) is 92.1 cm³/mol. The Morgan fingerprint density at radius 3 is 2.67 bits per heavy atom. The minimum atomic E-state index is -4.44. The molecule has 0 fully saturated rings. The molecule has 0 aliphatic carbocycles. The molecule has 0 bridgehead atoms. The number of benzene rings is 1. The number of thioether (sulfide) groups is 1. The van der Waals surface area contributed by atoms with Crippen LogP contribution >= 0.6 is 34.7 Å². The molecule has 1 aromatic carbocycles. The van der Waals surface area contributed by atoms with Crippen LogP contribution < -0.4 is 10.1 Å². The van der Waals surface area contributed by atoms with Gasteiger partial charge in [-0.1, -0.05) is 23.7 Å². The lowest BCUT2D eigenvalue weighted by Gasteiger charge is -2.13. The quantitative estimate of drug-likeness (QED) is 0.699. The van der Waals surface area contributed by atoms with E-state index in [-0.39, 0.29) is 23.1 Å². The molecule has 0 aliphatic rings. The highest BCUT2D eigenvalue weighted by Crippen LogP contribution is 2.27. The molecule has 9 heteroatoms. The molecule has 2 rings (SSSR count). The number of carbonyl (C=O) groups is 1. The van der Waals surface area contributed by atoms with Crippen LogP contribution in [0.15, 0.2) is 36.4 Å². The standard InChI is InChI=1S/C15H13ClF3NO2S2/c16-13-6-5-10(24-13)7-23-8-14(21)20-11-3-1-2-4-12(11)22-9-15(17,18)19/h1-6H,7-9H2,(H,20,21). The number of ether oxygens (including phenoxy) is 1. The summed E-state index contributed by atoms with van der Waals surface area (Å²) in [5.74, 6) is 0.476. The Balaban J connectivity index is 1.84. The zero-order chi connectivity index (χ0) is 17.6. The second kappa shape index (κ2) is 8.64. The number of rotatable bonds is 7. The van der Waals surface area contributed by atoms with Crippen molar-refractivity contribution in [3.05, 3.63) is 45.6 Å². The van der Waals surface area contributed by atoms with Gasteiger partial charge in [0.1, 0.15) is 5.75 Å². The number of carbonyl (C=O) groups excluding carboxylic acids is 1. The first kappa shape index (κ1) is 19.0. The summed E-state index contributed by atoms with van der Waals surface area (Å²) < 4.78 is 42.1. The van der Waals surface area contributed by atoms with Crippen LogP contribution in [0.25, 0.3) is 0 Å². The summed E-state index contributed by atoms with van der Waals surface area (Å²) in [6.45, 7) is -1.41. The lowest BCUT2D eigenvalue weighted by molar-refractivity contribution is -0.153. The van der Waals surface area contributed by atoms with Crippen LogP contribution in [0, 0.1) is 0 Å². The fraction of sp³-hybridized carbons (Fsp3) is 0.267. The van der Waals surface area contributed by atoms with Crippen LogP contribution in [-0.2, 0) is 10.5 Å². The van der Waals surface area contributed by atoms with Crippen molar-refractivity contribution in [3.8, 4) is 5.75 Å². The molecule has 3 nitrogen and oxygen atoms in total. The fourth-order valence-electron chi connectivity index (χ4n) is 1.72. The van der Waals surface area contributed by atoms with Crippen molar-refractivity contribution in [1.29, 1.82) is 0 Å². The van der Waals surface area contributed by atoms with Crippen LogP contribution in [-0.4, -0.2) is 24.4 Å². The molecular formula is C15H13ClF3NO2S2. The Morgan fingerprint density at radius 2 is 2.00 bits per heavy atom. The van der Waals surface area contributed by atoms with E-state index in [0.717, 1.165) is 4.88 Å². The van der Waals surface area contributed by atoms with Crippen molar-refractivity contribution in [2.24, 2.45) is 0 Å². The molecule has 0 spiro atoms. The number of alkyl halides is 3. The van der Waals surface area contributed by atoms with Crippen molar-refractivity contribution < 1.29 is 22.7 Å². The third-order valence-electron chi connectivity index (χ3n) is 2.66. The van der Waals surface area contributed by atoms with Crippen LogP contribution in [0.2, 0.25) is 4.34 Å². The Labute approximate surface area is 150 Å². The summed E-state index contributed by atoms with van der Waals surface area (Å²) in [5.41, 5.74) is 0.214. The molecule has 130 valence electrons. The molecule has 0 atom stereocenters. The highest BCUT2D eigenvalue weighted by atomic mass is 35.5. The van der Waals surface area contributed by atoms with E-state index in [2.05, 4.69) is 5.32 Å². The van der Waals surface area contributed by atoms with Gasteiger partial charge in [-0.3, -0.25) is 4.79 Å². The summed E-state index contributed by atoms with van der Waals surface area (Å²) in [6.07, 6.45) is -4.44. The molecule has 2 aromatic rings. The lowest BCUT2D eigenvalue weighted by atomic mass is 10.3. The minimum Gasteiger partial charge on any atom is -0.482 e. The molecule has 1 heterocycles. The van der Waals surface area contributed by atoms with Gasteiger partial charge in [-0.05, 0) is 24.3 Å². The summed E-state index contributed by atoms with van der Waals surface area (Å²) in [5, 5.41) is 2.56. The average molecular weight is 396 g/mol. The van der Waals surface area contributed by atoms with Crippen LogP contribution in [0.1, 0.15) is 4.88 Å². The van der Waals surface area contributed by atoms with E-state index >= 15 is 0 Å². The van der Waals surface area contributed by atoms with E-state index < -0.39 is 12.8 Å². The van der Waals surface area contributed by atoms with Crippen LogP contribution in [0.5, 0.6) is 5.75 Å². The zero-order valence-corrected chi connectivity index (χ0v) is 14.6. The first-order valence-electron chi connectivity index (χ1n) is 6.74. The maximum absolute atomic E-state index is 12.2. The average Bonchev–Trinajstić information content (AvgIpc) is 2.91. The second-order valence-corrected chi connectivity index (χ2v) is 7.43. The number of amides is 1. The topological polar surface area (TPSA) is 38.3 Å². The molecule has 0 unspecified atom stereocenters. The monoisotopic (exact) mass is 395 g/mol. The van der Waals surface area contributed by atoms with Gasteiger partial charge in [-0.25, -0.2) is 0 Å². The third kappa shape index (κ3) is 6.62. The highest BCUT2D eigenvalue weighted by Gasteiger charge is 2.28. The number of para-hydroxylation sites is 2. The number of thiophene rings is 1. The van der Waals surface area contributed by atoms with Crippen molar-refractivity contribution >= 4 is 46.3 Å². The van der Waals surface area contributed by atoms with Gasteiger partial charge in [0.05, 0.1) is 15.8 Å². The summed E-state index contributed by atoms with van der Waals surface area (Å²) >= 11 is 8.65. The number of hydrogen-bond acceptors (Lipinski definition) is 4. The Kier molecular flexibility index (Phi) is 6.82. The van der Waals surface area contributed by atoms with Gasteiger partial charge in [0.2, 0.25) is 5.91 Å². The van der Waals surface area contributed by atoms with Gasteiger partial charge in [-0.2, -0.15) is 13.2 Å². The van der Waals surface area contributed by atoms with Gasteiger partial charge in [-0.15, -0.1) is 23.1 Å². The Morgan fingerprint density at radius 1 is 1.25 bits per heavy atom. The van der Waals surface area contributed by atoms with E-state index in [1.807, 2.05) is 6.07 Å². The first-order chi connectivity index (χ1) is 11.3. The maximum Gasteiger partial charge on any atom is 0.422 e. The number of halogens is 4. The number of anilines is 1. The van der Waals surface area contributed by atoms with Crippen molar-refractivity contribution in [2.45, 2.75) is 11.9 Å². The lowest BCUT2D eigenvalue weighted by Crippen LogP contribution is -2.20. The summed E-state index contributed by atoms with van der Waals surface area (Å²) in [4.78, 5) is 13.0. The number of hydrogen-bond donors (Lipinski definition) is 1. The molecule has 24 heavy (non-hydrogen) atoms. The van der Waals surface area contributed by atoms with Gasteiger partial charge in [0, 0.05) is 10.6 Å². The third-order valence-corrected chi connectivity index (χ3v) is 5.05. The van der Waals surface area contributed by atoms with Crippen LogP contribution in [0.4, 0.5) is 18.9 Å². The maximum atomic E-state index is 12.2. The Bertz CT molecular complexity index is 691. The summed E-state index contributed by atoms with van der Waals surface area (Å²) in [6, 6.07) is 9.69. The van der Waals surface area contributed by atoms with Crippen molar-refractivity contribution in [3.63, 3.8) is 0 Å². The molecule has 0 saturated carbocycles. The van der Waals surface area contributed by atoms with Gasteiger partial charge in [0.15, 0.2) is 6.61 Å². The van der Waals surface area contributed by atoms with Gasteiger partial charge < -0.3 is 10.1 Å². The Hall–Kier alpha value is -1.38. The highest BCUT2D eigenvalue weighted by molar-refractivity contribution is 7.99. The molecule has 0 radical (unpaired) electrons. The van der Waals surface area contributed by atoms with Gasteiger partial charge >= 0.3 is 6.18 Å². The largest absolute Gasteiger partial charge is 0.482 e.